The van der Waals surface area contributed by atoms with E-state index in [1.54, 1.807) is 0 Å². The minimum Gasteiger partial charge on any atom is -0.478 e. The Labute approximate surface area is 101 Å². The van der Waals surface area contributed by atoms with Gasteiger partial charge in [-0.15, -0.1) is 0 Å². The fourth-order valence-electron chi connectivity index (χ4n) is 1.73. The van der Waals surface area contributed by atoms with E-state index in [1.165, 1.54) is 22.8 Å². The third-order valence-corrected chi connectivity index (χ3v) is 2.60. The lowest BCUT2D eigenvalue weighted by Gasteiger charge is -2.01. The maximum atomic E-state index is 11.6. The van der Waals surface area contributed by atoms with E-state index < -0.39 is 17.6 Å². The van der Waals surface area contributed by atoms with Gasteiger partial charge in [0.2, 0.25) is 5.91 Å². The van der Waals surface area contributed by atoms with Crippen LogP contribution in [0.25, 0.3) is 11.0 Å². The highest BCUT2D eigenvalue weighted by molar-refractivity contribution is 5.92. The second kappa shape index (κ2) is 4.36. The second-order valence-corrected chi connectivity index (χ2v) is 3.84. The molecule has 1 aromatic heterocycles. The van der Waals surface area contributed by atoms with Crippen LogP contribution in [0.3, 0.4) is 0 Å². The van der Waals surface area contributed by atoms with Gasteiger partial charge < -0.3 is 15.8 Å². The molecule has 18 heavy (non-hydrogen) atoms. The summed E-state index contributed by atoms with van der Waals surface area (Å²) in [6.07, 6.45) is 0.0180. The number of nitrogens with one attached hydrogen (secondary N) is 1. The van der Waals surface area contributed by atoms with Gasteiger partial charge in [0.25, 0.3) is 0 Å². The number of fused-ring (bicyclic) bond motifs is 1. The molecule has 0 saturated heterocycles. The van der Waals surface area contributed by atoms with Gasteiger partial charge in [0.05, 0.1) is 16.6 Å². The lowest BCUT2D eigenvalue weighted by atomic mass is 10.2. The van der Waals surface area contributed by atoms with Crippen molar-refractivity contribution < 1.29 is 14.7 Å². The molecule has 0 aliphatic rings. The highest BCUT2D eigenvalue weighted by Gasteiger charge is 2.10. The quantitative estimate of drug-likeness (QED) is 0.701. The monoisotopic (exact) mass is 249 g/mol. The molecule has 2 aromatic rings. The van der Waals surface area contributed by atoms with Crippen LogP contribution >= 0.6 is 0 Å². The number of rotatable bonds is 4. The number of amides is 1. The molecule has 1 heterocycles. The number of nitrogens with two attached hydrogens (primary N) is 1. The summed E-state index contributed by atoms with van der Waals surface area (Å²) >= 11 is 0. The van der Waals surface area contributed by atoms with Crippen LogP contribution in [-0.2, 0) is 11.3 Å². The molecular weight excluding hydrogens is 238 g/mol. The number of carbonyl (C=O) groups excluding carboxylic acids is 1. The fourth-order valence-corrected chi connectivity index (χ4v) is 1.73. The number of nitrogens with zero attached hydrogens (tertiary/aromatic N) is 1. The number of hydrogen-bond donors (Lipinski definition) is 3. The first-order valence-corrected chi connectivity index (χ1v) is 5.23. The molecule has 7 nitrogen and oxygen atoms in total. The maximum absolute atomic E-state index is 11.6. The molecule has 7 heteroatoms. The van der Waals surface area contributed by atoms with Crippen molar-refractivity contribution in [2.75, 3.05) is 0 Å². The number of aromatic carboxylic acids is 1. The summed E-state index contributed by atoms with van der Waals surface area (Å²) < 4.78 is 1.30. The van der Waals surface area contributed by atoms with Crippen LogP contribution in [0.1, 0.15) is 16.8 Å². The average Bonchev–Trinajstić information content (AvgIpc) is 2.60. The van der Waals surface area contributed by atoms with Gasteiger partial charge in [-0.2, -0.15) is 0 Å². The van der Waals surface area contributed by atoms with Crippen LogP contribution in [0.2, 0.25) is 0 Å². The average molecular weight is 249 g/mol. The Morgan fingerprint density at radius 3 is 2.72 bits per heavy atom. The number of benzene rings is 1. The van der Waals surface area contributed by atoms with Gasteiger partial charge in [0.15, 0.2) is 0 Å². The zero-order valence-electron chi connectivity index (χ0n) is 9.34. The zero-order valence-corrected chi connectivity index (χ0v) is 9.34. The summed E-state index contributed by atoms with van der Waals surface area (Å²) in [4.78, 5) is 35.8. The van der Waals surface area contributed by atoms with Gasteiger partial charge >= 0.3 is 11.7 Å². The molecule has 0 unspecified atom stereocenters. The minimum atomic E-state index is -1.08. The van der Waals surface area contributed by atoms with E-state index in [2.05, 4.69) is 4.98 Å². The highest BCUT2D eigenvalue weighted by atomic mass is 16.4. The third kappa shape index (κ3) is 2.10. The molecule has 0 bridgehead atoms. The van der Waals surface area contributed by atoms with Crippen LogP contribution < -0.4 is 11.4 Å². The summed E-state index contributed by atoms with van der Waals surface area (Å²) in [6, 6.07) is 4.30. The number of carbonyl (C=O) groups is 2. The first kappa shape index (κ1) is 11.9. The Balaban J connectivity index is 2.53. The topological polar surface area (TPSA) is 118 Å². The van der Waals surface area contributed by atoms with Crippen LogP contribution in [0, 0.1) is 0 Å². The highest BCUT2D eigenvalue weighted by Crippen LogP contribution is 2.13. The SMILES string of the molecule is NC(=O)CCn1c(=O)[nH]c2ccc(C(=O)O)cc21. The summed E-state index contributed by atoms with van der Waals surface area (Å²) in [7, 11) is 0. The van der Waals surface area contributed by atoms with Crippen LogP contribution in [0.15, 0.2) is 23.0 Å². The number of carboxylic acid groups (broad SMARTS) is 1. The van der Waals surface area contributed by atoms with Gasteiger partial charge in [-0.1, -0.05) is 0 Å². The van der Waals surface area contributed by atoms with Crippen molar-refractivity contribution in [2.45, 2.75) is 13.0 Å². The van der Waals surface area contributed by atoms with Gasteiger partial charge in [-0.25, -0.2) is 9.59 Å². The first-order valence-electron chi connectivity index (χ1n) is 5.23. The molecule has 1 amide bonds. The number of aromatic nitrogens is 2. The molecule has 0 aliphatic heterocycles. The van der Waals surface area contributed by atoms with Gasteiger partial charge in [0, 0.05) is 13.0 Å². The Kier molecular flexibility index (Phi) is 2.88. The van der Waals surface area contributed by atoms with Crippen LogP contribution in [-0.4, -0.2) is 26.5 Å². The number of carboxylic acids is 1. The molecule has 0 saturated carbocycles. The van der Waals surface area contributed by atoms with Crippen molar-refractivity contribution in [2.24, 2.45) is 5.73 Å². The smallest absolute Gasteiger partial charge is 0.335 e. The summed E-state index contributed by atoms with van der Waals surface area (Å²) in [5.74, 6) is -1.60. The number of aryl methyl sites for hydroxylation is 1. The lowest BCUT2D eigenvalue weighted by molar-refractivity contribution is -0.118. The Morgan fingerprint density at radius 1 is 1.39 bits per heavy atom. The van der Waals surface area contributed by atoms with Crippen molar-refractivity contribution >= 4 is 22.9 Å². The van der Waals surface area contributed by atoms with E-state index in [-0.39, 0.29) is 18.5 Å². The number of primary amides is 1. The normalized spacial score (nSPS) is 10.7. The van der Waals surface area contributed by atoms with E-state index in [0.29, 0.717) is 11.0 Å². The van der Waals surface area contributed by atoms with Gasteiger partial charge in [-0.3, -0.25) is 9.36 Å². The Morgan fingerprint density at radius 2 is 2.11 bits per heavy atom. The van der Waals surface area contributed by atoms with Crippen LogP contribution in [0.5, 0.6) is 0 Å². The number of aromatic amines is 1. The second-order valence-electron chi connectivity index (χ2n) is 3.84. The molecular formula is C11H11N3O4. The van der Waals surface area contributed by atoms with Crippen LogP contribution in [0.4, 0.5) is 0 Å². The molecule has 0 aliphatic carbocycles. The fraction of sp³-hybridized carbons (Fsp3) is 0.182. The number of H-pyrrole nitrogens is 1. The van der Waals surface area contributed by atoms with E-state index in [9.17, 15) is 14.4 Å². The van der Waals surface area contributed by atoms with E-state index in [4.69, 9.17) is 10.8 Å². The van der Waals surface area contributed by atoms with Crippen molar-refractivity contribution in [1.29, 1.82) is 0 Å². The zero-order chi connectivity index (χ0) is 13.3. The van der Waals surface area contributed by atoms with Crippen molar-refractivity contribution in [1.82, 2.24) is 9.55 Å². The Bertz CT molecular complexity index is 683. The van der Waals surface area contributed by atoms with Gasteiger partial charge in [-0.05, 0) is 18.2 Å². The molecule has 0 spiro atoms. The predicted octanol–water partition coefficient (Wildman–Crippen LogP) is -0.0968. The first-order chi connectivity index (χ1) is 8.49. The predicted molar refractivity (Wildman–Crippen MR) is 63.3 cm³/mol. The van der Waals surface area contributed by atoms with Crippen molar-refractivity contribution in [3.05, 3.63) is 34.2 Å². The van der Waals surface area contributed by atoms with E-state index in [0.717, 1.165) is 0 Å². The molecule has 2 rings (SSSR count). The molecule has 0 radical (unpaired) electrons. The largest absolute Gasteiger partial charge is 0.478 e. The Hall–Kier alpha value is -2.57. The molecule has 0 atom stereocenters. The summed E-state index contributed by atoms with van der Waals surface area (Å²) in [6.45, 7) is 0.122. The van der Waals surface area contributed by atoms with Gasteiger partial charge in [0.1, 0.15) is 0 Å². The number of imidazole rings is 1. The van der Waals surface area contributed by atoms with E-state index in [1.807, 2.05) is 0 Å². The van der Waals surface area contributed by atoms with Crippen molar-refractivity contribution in [3.63, 3.8) is 0 Å². The number of hydrogen-bond acceptors (Lipinski definition) is 3. The lowest BCUT2D eigenvalue weighted by Crippen LogP contribution is -2.21. The summed E-state index contributed by atoms with van der Waals surface area (Å²) in [5.41, 5.74) is 5.67. The molecule has 0 fully saturated rings. The minimum absolute atomic E-state index is 0.0180. The molecule has 4 N–H and O–H groups in total. The summed E-state index contributed by atoms with van der Waals surface area (Å²) in [5, 5.41) is 8.89. The maximum Gasteiger partial charge on any atom is 0.335 e. The molecule has 94 valence electrons. The molecule has 1 aromatic carbocycles. The third-order valence-electron chi connectivity index (χ3n) is 2.60. The van der Waals surface area contributed by atoms with Crippen molar-refractivity contribution in [3.8, 4) is 0 Å². The van der Waals surface area contributed by atoms with E-state index >= 15 is 0 Å². The standard InChI is InChI=1S/C11H11N3O4/c12-9(15)3-4-14-8-5-6(10(16)17)1-2-7(8)13-11(14)18/h1-2,5H,3-4H2,(H2,12,15)(H,13,18)(H,16,17).